The van der Waals surface area contributed by atoms with Crippen molar-refractivity contribution in [1.82, 2.24) is 29.5 Å². The van der Waals surface area contributed by atoms with Crippen LogP contribution in [0.4, 0.5) is 5.82 Å². The summed E-state index contributed by atoms with van der Waals surface area (Å²) in [6.45, 7) is 4.87. The number of benzene rings is 2. The summed E-state index contributed by atoms with van der Waals surface area (Å²) in [7, 11) is 0. The Morgan fingerprint density at radius 1 is 0.925 bits per heavy atom. The lowest BCUT2D eigenvalue weighted by Crippen LogP contribution is -2.72. The average molecular weight is 528 g/mol. The minimum absolute atomic E-state index is 0.190. The van der Waals surface area contributed by atoms with Crippen molar-refractivity contribution >= 4 is 17.4 Å². The first kappa shape index (κ1) is 23.9. The Hall–Kier alpha value is -5.14. The van der Waals surface area contributed by atoms with Gasteiger partial charge in [-0.3, -0.25) is 9.69 Å². The van der Waals surface area contributed by atoms with Crippen LogP contribution in [0, 0.1) is 16.7 Å². The van der Waals surface area contributed by atoms with E-state index in [0.29, 0.717) is 11.1 Å². The van der Waals surface area contributed by atoms with Gasteiger partial charge < -0.3 is 10.6 Å². The number of nitriles is 1. The molecule has 0 bridgehead atoms. The van der Waals surface area contributed by atoms with Crippen molar-refractivity contribution in [3.05, 3.63) is 96.1 Å². The number of rotatable bonds is 6. The fourth-order valence-corrected chi connectivity index (χ4v) is 5.87. The van der Waals surface area contributed by atoms with Crippen LogP contribution < -0.4 is 10.6 Å². The van der Waals surface area contributed by atoms with E-state index in [0.717, 1.165) is 61.1 Å². The number of likely N-dealkylation sites (tertiary alicyclic amines) is 1. The molecule has 0 radical (unpaired) electrons. The molecule has 196 valence electrons. The molecule has 10 nitrogen and oxygen atoms in total. The standard InChI is InChI=1S/C30H25N9O/c31-14-24-33-13-12-25(34-24)38-18-30(19-38)16-37(17-30)15-20-6-8-21(9-7-20)27-28(22-4-2-1-3-5-22)39-26(35-27)11-10-23(36-39)29(32)40/h1-13H,15-19H2,(H2,32,40). The number of hydrogen-bond donors (Lipinski definition) is 1. The zero-order valence-corrected chi connectivity index (χ0v) is 21.6. The molecule has 10 heteroatoms. The highest BCUT2D eigenvalue weighted by Gasteiger charge is 2.51. The Balaban J connectivity index is 1.07. The lowest BCUT2D eigenvalue weighted by molar-refractivity contribution is -0.0276. The zero-order chi connectivity index (χ0) is 27.3. The average Bonchev–Trinajstić information content (AvgIpc) is 3.33. The molecule has 2 N–H and O–H groups in total. The summed E-state index contributed by atoms with van der Waals surface area (Å²) in [6.07, 6.45) is 1.65. The van der Waals surface area contributed by atoms with Gasteiger partial charge in [-0.15, -0.1) is 0 Å². The number of fused-ring (bicyclic) bond motifs is 1. The highest BCUT2D eigenvalue weighted by molar-refractivity contribution is 5.91. The molecule has 1 amide bonds. The molecule has 5 aromatic rings. The maximum atomic E-state index is 11.8. The molecule has 40 heavy (non-hydrogen) atoms. The Labute approximate surface area is 230 Å². The highest BCUT2D eigenvalue weighted by atomic mass is 16.1. The second kappa shape index (κ2) is 9.25. The quantitative estimate of drug-likeness (QED) is 0.357. The Morgan fingerprint density at radius 2 is 1.70 bits per heavy atom. The molecule has 0 aliphatic carbocycles. The van der Waals surface area contributed by atoms with E-state index >= 15 is 0 Å². The van der Waals surface area contributed by atoms with Gasteiger partial charge in [0.2, 0.25) is 5.82 Å². The van der Waals surface area contributed by atoms with Crippen LogP contribution in [-0.2, 0) is 6.54 Å². The number of hydrogen-bond acceptors (Lipinski definition) is 8. The van der Waals surface area contributed by atoms with Crippen molar-refractivity contribution in [1.29, 1.82) is 5.26 Å². The van der Waals surface area contributed by atoms with E-state index < -0.39 is 5.91 Å². The summed E-state index contributed by atoms with van der Waals surface area (Å²) in [4.78, 5) is 29.6. The third kappa shape index (κ3) is 4.13. The predicted molar refractivity (Wildman–Crippen MR) is 149 cm³/mol. The topological polar surface area (TPSA) is 129 Å². The molecule has 0 unspecified atom stereocenters. The monoisotopic (exact) mass is 527 g/mol. The molecule has 1 spiro atoms. The van der Waals surface area contributed by atoms with Gasteiger partial charge in [-0.1, -0.05) is 54.6 Å². The second-order valence-corrected chi connectivity index (χ2v) is 10.6. The number of primary amides is 1. The van der Waals surface area contributed by atoms with Crippen molar-refractivity contribution < 1.29 is 4.79 Å². The van der Waals surface area contributed by atoms with Gasteiger partial charge in [0, 0.05) is 55.5 Å². The van der Waals surface area contributed by atoms with Crippen LogP contribution >= 0.6 is 0 Å². The summed E-state index contributed by atoms with van der Waals surface area (Å²) in [6, 6.07) is 25.7. The maximum Gasteiger partial charge on any atom is 0.269 e. The first-order chi connectivity index (χ1) is 19.5. The van der Waals surface area contributed by atoms with Crippen molar-refractivity contribution in [2.24, 2.45) is 11.1 Å². The van der Waals surface area contributed by atoms with Gasteiger partial charge in [0.15, 0.2) is 5.65 Å². The summed E-state index contributed by atoms with van der Waals surface area (Å²) in [5.41, 5.74) is 11.4. The molecular weight excluding hydrogens is 502 g/mol. The first-order valence-corrected chi connectivity index (χ1v) is 13.1. The molecule has 2 aliphatic rings. The van der Waals surface area contributed by atoms with Crippen LogP contribution in [-0.4, -0.2) is 61.6 Å². The van der Waals surface area contributed by atoms with Gasteiger partial charge in [-0.2, -0.15) is 10.4 Å². The molecule has 7 rings (SSSR count). The fourth-order valence-electron chi connectivity index (χ4n) is 5.87. The van der Waals surface area contributed by atoms with Gasteiger partial charge in [0.05, 0.1) is 5.69 Å². The summed E-state index contributed by atoms with van der Waals surface area (Å²) >= 11 is 0. The summed E-state index contributed by atoms with van der Waals surface area (Å²) < 4.78 is 1.70. The molecule has 2 fully saturated rings. The highest BCUT2D eigenvalue weighted by Crippen LogP contribution is 2.42. The van der Waals surface area contributed by atoms with Gasteiger partial charge in [0.25, 0.3) is 5.91 Å². The lowest BCUT2D eigenvalue weighted by Gasteiger charge is -2.60. The van der Waals surface area contributed by atoms with E-state index in [-0.39, 0.29) is 11.5 Å². The number of nitrogens with two attached hydrogens (primary N) is 1. The SMILES string of the molecule is N#Cc1nccc(N2CC3(CN(Cc4ccc(-c5nc6ccc(C(N)=O)nn6c5-c5ccccc5)cc4)C3)C2)n1. The van der Waals surface area contributed by atoms with E-state index in [2.05, 4.69) is 49.1 Å². The molecule has 0 atom stereocenters. The number of carbonyl (C=O) groups is 1. The molecule has 2 saturated heterocycles. The molecule has 3 aromatic heterocycles. The van der Waals surface area contributed by atoms with E-state index in [4.69, 9.17) is 16.0 Å². The molecule has 5 heterocycles. The lowest BCUT2D eigenvalue weighted by atomic mass is 9.72. The van der Waals surface area contributed by atoms with Crippen molar-refractivity contribution in [2.45, 2.75) is 6.54 Å². The zero-order valence-electron chi connectivity index (χ0n) is 21.6. The number of aromatic nitrogens is 5. The second-order valence-electron chi connectivity index (χ2n) is 10.6. The third-order valence-corrected chi connectivity index (χ3v) is 7.65. The van der Waals surface area contributed by atoms with Crippen LogP contribution in [0.1, 0.15) is 21.9 Å². The molecule has 2 aromatic carbocycles. The number of anilines is 1. The van der Waals surface area contributed by atoms with E-state index in [9.17, 15) is 4.79 Å². The number of carbonyl (C=O) groups excluding carboxylic acids is 1. The number of imidazole rings is 1. The van der Waals surface area contributed by atoms with Crippen LogP contribution in [0.5, 0.6) is 0 Å². The normalized spacial score (nSPS) is 15.9. The maximum absolute atomic E-state index is 11.8. The third-order valence-electron chi connectivity index (χ3n) is 7.65. The van der Waals surface area contributed by atoms with E-state index in [1.807, 2.05) is 42.5 Å². The smallest absolute Gasteiger partial charge is 0.269 e. The molecule has 2 aliphatic heterocycles. The van der Waals surface area contributed by atoms with Gasteiger partial charge in [-0.25, -0.2) is 19.5 Å². The van der Waals surface area contributed by atoms with Crippen LogP contribution in [0.25, 0.3) is 28.2 Å². The largest absolute Gasteiger partial charge is 0.364 e. The van der Waals surface area contributed by atoms with Crippen molar-refractivity contribution in [3.63, 3.8) is 0 Å². The van der Waals surface area contributed by atoms with Crippen LogP contribution in [0.2, 0.25) is 0 Å². The Bertz CT molecular complexity index is 1780. The summed E-state index contributed by atoms with van der Waals surface area (Å²) in [5.74, 6) is 0.461. The number of amides is 1. The van der Waals surface area contributed by atoms with Crippen molar-refractivity contribution in [2.75, 3.05) is 31.1 Å². The minimum Gasteiger partial charge on any atom is -0.364 e. The van der Waals surface area contributed by atoms with Gasteiger partial charge in [-0.05, 0) is 23.8 Å². The van der Waals surface area contributed by atoms with E-state index in [1.54, 1.807) is 22.8 Å². The van der Waals surface area contributed by atoms with Crippen LogP contribution in [0.15, 0.2) is 79.0 Å². The van der Waals surface area contributed by atoms with Crippen LogP contribution in [0.3, 0.4) is 0 Å². The first-order valence-electron chi connectivity index (χ1n) is 13.1. The Morgan fingerprint density at radius 3 is 2.42 bits per heavy atom. The van der Waals surface area contributed by atoms with Gasteiger partial charge >= 0.3 is 0 Å². The van der Waals surface area contributed by atoms with E-state index in [1.165, 1.54) is 5.56 Å². The minimum atomic E-state index is -0.579. The van der Waals surface area contributed by atoms with Crippen molar-refractivity contribution in [3.8, 4) is 28.6 Å². The molecule has 0 saturated carbocycles. The van der Waals surface area contributed by atoms with Gasteiger partial charge in [0.1, 0.15) is 23.3 Å². The predicted octanol–water partition coefficient (Wildman–Crippen LogP) is 3.15. The molecular formula is C30H25N9O. The Kier molecular flexibility index (Phi) is 5.54. The number of nitrogens with zero attached hydrogens (tertiary/aromatic N) is 8. The fraction of sp³-hybridized carbons (Fsp3) is 0.200. The summed E-state index contributed by atoms with van der Waals surface area (Å²) in [5, 5.41) is 13.5.